The van der Waals surface area contributed by atoms with Gasteiger partial charge in [-0.1, -0.05) is 0 Å². The third kappa shape index (κ3) is 1.93. The maximum absolute atomic E-state index is 12.0. The van der Waals surface area contributed by atoms with Gasteiger partial charge < -0.3 is 10.2 Å². The SMILES string of the molecule is O=C(O)c1nc(C(F)(F)F)ccc1O. The van der Waals surface area contributed by atoms with Gasteiger partial charge in [-0.15, -0.1) is 0 Å². The van der Waals surface area contributed by atoms with Crippen LogP contribution in [0, 0.1) is 0 Å². The Labute approximate surface area is 75.6 Å². The maximum atomic E-state index is 12.0. The van der Waals surface area contributed by atoms with E-state index >= 15 is 0 Å². The lowest BCUT2D eigenvalue weighted by molar-refractivity contribution is -0.141. The first-order valence-corrected chi connectivity index (χ1v) is 3.33. The van der Waals surface area contributed by atoms with Crippen LogP contribution >= 0.6 is 0 Å². The summed E-state index contributed by atoms with van der Waals surface area (Å²) in [5.74, 6) is -2.51. The molecular formula is C7H4F3NO3. The van der Waals surface area contributed by atoms with Crippen LogP contribution in [0.15, 0.2) is 12.1 Å². The van der Waals surface area contributed by atoms with E-state index in [1.165, 1.54) is 0 Å². The quantitative estimate of drug-likeness (QED) is 0.732. The molecule has 1 aromatic rings. The van der Waals surface area contributed by atoms with Crippen LogP contribution in [0.2, 0.25) is 0 Å². The van der Waals surface area contributed by atoms with Gasteiger partial charge in [-0.3, -0.25) is 0 Å². The Morgan fingerprint density at radius 3 is 2.36 bits per heavy atom. The summed E-state index contributed by atoms with van der Waals surface area (Å²) < 4.78 is 36.1. The predicted molar refractivity (Wildman–Crippen MR) is 37.9 cm³/mol. The molecule has 0 aromatic carbocycles. The largest absolute Gasteiger partial charge is 0.505 e. The minimum Gasteiger partial charge on any atom is -0.505 e. The molecule has 4 nitrogen and oxygen atoms in total. The number of alkyl halides is 3. The molecule has 2 N–H and O–H groups in total. The molecule has 0 spiro atoms. The molecule has 0 fully saturated rings. The van der Waals surface area contributed by atoms with Gasteiger partial charge in [0, 0.05) is 0 Å². The van der Waals surface area contributed by atoms with Gasteiger partial charge in [0.25, 0.3) is 0 Å². The van der Waals surface area contributed by atoms with Crippen molar-refractivity contribution in [2.45, 2.75) is 6.18 Å². The zero-order chi connectivity index (χ0) is 10.9. The third-order valence-corrected chi connectivity index (χ3v) is 1.37. The fourth-order valence-electron chi connectivity index (χ4n) is 0.767. The second-order valence-electron chi connectivity index (χ2n) is 2.37. The molecule has 76 valence electrons. The number of carboxylic acids is 1. The molecule has 0 atom stereocenters. The van der Waals surface area contributed by atoms with E-state index in [4.69, 9.17) is 10.2 Å². The van der Waals surface area contributed by atoms with Gasteiger partial charge in [-0.2, -0.15) is 13.2 Å². The standard InChI is InChI=1S/C7H4F3NO3/c8-7(9,10)4-2-1-3(12)5(11-4)6(13)14/h1-2,12H,(H,13,14). The Kier molecular flexibility index (Phi) is 2.33. The maximum Gasteiger partial charge on any atom is 0.433 e. The normalized spacial score (nSPS) is 11.4. The Morgan fingerprint density at radius 1 is 1.36 bits per heavy atom. The van der Waals surface area contributed by atoms with Crippen molar-refractivity contribution in [2.75, 3.05) is 0 Å². The minimum atomic E-state index is -4.72. The number of halogens is 3. The van der Waals surface area contributed by atoms with Crippen LogP contribution in [0.3, 0.4) is 0 Å². The van der Waals surface area contributed by atoms with E-state index in [-0.39, 0.29) is 0 Å². The van der Waals surface area contributed by atoms with Crippen molar-refractivity contribution in [3.8, 4) is 5.75 Å². The number of pyridine rings is 1. The highest BCUT2D eigenvalue weighted by molar-refractivity contribution is 5.88. The molecule has 0 aliphatic carbocycles. The van der Waals surface area contributed by atoms with Gasteiger partial charge in [0.1, 0.15) is 11.4 Å². The zero-order valence-electron chi connectivity index (χ0n) is 6.54. The molecule has 0 bridgehead atoms. The molecule has 14 heavy (non-hydrogen) atoms. The lowest BCUT2D eigenvalue weighted by Gasteiger charge is -2.06. The van der Waals surface area contributed by atoms with Gasteiger partial charge in [0.2, 0.25) is 0 Å². The van der Waals surface area contributed by atoms with E-state index in [2.05, 4.69) is 4.98 Å². The van der Waals surface area contributed by atoms with E-state index in [0.29, 0.717) is 12.1 Å². The van der Waals surface area contributed by atoms with Gasteiger partial charge in [-0.25, -0.2) is 9.78 Å². The monoisotopic (exact) mass is 207 g/mol. The van der Waals surface area contributed by atoms with Crippen molar-refractivity contribution >= 4 is 5.97 Å². The molecule has 0 radical (unpaired) electrons. The van der Waals surface area contributed by atoms with Gasteiger partial charge in [0.05, 0.1) is 0 Å². The van der Waals surface area contributed by atoms with Crippen LogP contribution < -0.4 is 0 Å². The summed E-state index contributed by atoms with van der Waals surface area (Å²) >= 11 is 0. The average Bonchev–Trinajstić information content (AvgIpc) is 2.02. The topological polar surface area (TPSA) is 70.4 Å². The molecule has 0 aliphatic rings. The Morgan fingerprint density at radius 2 is 1.93 bits per heavy atom. The Bertz CT molecular complexity index is 375. The summed E-state index contributed by atoms with van der Waals surface area (Å²) in [6, 6.07) is 1.14. The second-order valence-corrected chi connectivity index (χ2v) is 2.37. The Hall–Kier alpha value is -1.79. The van der Waals surface area contributed by atoms with Crippen molar-refractivity contribution in [1.82, 2.24) is 4.98 Å². The Balaban J connectivity index is 3.27. The van der Waals surface area contributed by atoms with Crippen LogP contribution in [0.25, 0.3) is 0 Å². The van der Waals surface area contributed by atoms with E-state index in [9.17, 15) is 18.0 Å². The van der Waals surface area contributed by atoms with Gasteiger partial charge in [-0.05, 0) is 12.1 Å². The molecule has 0 aliphatic heterocycles. The lowest BCUT2D eigenvalue weighted by Crippen LogP contribution is -2.11. The molecule has 0 saturated carbocycles. The van der Waals surface area contributed by atoms with Crippen LogP contribution in [0.5, 0.6) is 5.75 Å². The first kappa shape index (κ1) is 10.3. The second kappa shape index (κ2) is 3.17. The fraction of sp³-hybridized carbons (Fsp3) is 0.143. The zero-order valence-corrected chi connectivity index (χ0v) is 6.54. The molecule has 1 heterocycles. The predicted octanol–water partition coefficient (Wildman–Crippen LogP) is 1.50. The first-order valence-electron chi connectivity index (χ1n) is 3.33. The molecule has 0 amide bonds. The molecule has 1 rings (SSSR count). The number of hydrogen-bond acceptors (Lipinski definition) is 3. The summed E-state index contributed by atoms with van der Waals surface area (Å²) in [5.41, 5.74) is -2.37. The van der Waals surface area contributed by atoms with Crippen LogP contribution in [-0.2, 0) is 6.18 Å². The minimum absolute atomic E-state index is 0.502. The van der Waals surface area contributed by atoms with E-state index in [1.54, 1.807) is 0 Å². The molecule has 0 unspecified atom stereocenters. The third-order valence-electron chi connectivity index (χ3n) is 1.37. The number of aromatic carboxylic acids is 1. The number of aromatic nitrogens is 1. The van der Waals surface area contributed by atoms with Crippen LogP contribution in [0.1, 0.15) is 16.2 Å². The van der Waals surface area contributed by atoms with Crippen LogP contribution in [0.4, 0.5) is 13.2 Å². The summed E-state index contributed by atoms with van der Waals surface area (Å²) in [6.07, 6.45) is -4.72. The highest BCUT2D eigenvalue weighted by Crippen LogP contribution is 2.29. The van der Waals surface area contributed by atoms with Crippen molar-refractivity contribution in [3.63, 3.8) is 0 Å². The summed E-state index contributed by atoms with van der Waals surface area (Å²) in [5, 5.41) is 17.2. The van der Waals surface area contributed by atoms with Crippen molar-refractivity contribution < 1.29 is 28.2 Å². The van der Waals surface area contributed by atoms with Crippen LogP contribution in [-0.4, -0.2) is 21.2 Å². The summed E-state index contributed by atoms with van der Waals surface area (Å²) in [6.45, 7) is 0. The van der Waals surface area contributed by atoms with E-state index in [0.717, 1.165) is 0 Å². The number of nitrogens with zero attached hydrogens (tertiary/aromatic N) is 1. The molecule has 1 aromatic heterocycles. The lowest BCUT2D eigenvalue weighted by atomic mass is 10.2. The van der Waals surface area contributed by atoms with Gasteiger partial charge in [0.15, 0.2) is 5.69 Å². The summed E-state index contributed by atoms with van der Waals surface area (Å²) in [4.78, 5) is 13.1. The van der Waals surface area contributed by atoms with Crippen molar-refractivity contribution in [2.24, 2.45) is 0 Å². The molecule has 0 saturated heterocycles. The number of carbonyl (C=O) groups is 1. The average molecular weight is 207 g/mol. The highest BCUT2D eigenvalue weighted by atomic mass is 19.4. The number of aromatic hydroxyl groups is 1. The fourth-order valence-corrected chi connectivity index (χ4v) is 0.767. The highest BCUT2D eigenvalue weighted by Gasteiger charge is 2.33. The first-order chi connectivity index (χ1) is 6.32. The van der Waals surface area contributed by atoms with E-state index < -0.39 is 29.3 Å². The molecular weight excluding hydrogens is 203 g/mol. The van der Waals surface area contributed by atoms with Crippen molar-refractivity contribution in [3.05, 3.63) is 23.5 Å². The van der Waals surface area contributed by atoms with Gasteiger partial charge >= 0.3 is 12.1 Å². The van der Waals surface area contributed by atoms with E-state index in [1.807, 2.05) is 0 Å². The smallest absolute Gasteiger partial charge is 0.433 e. The number of rotatable bonds is 1. The van der Waals surface area contributed by atoms with Crippen molar-refractivity contribution in [1.29, 1.82) is 0 Å². The number of carboxylic acid groups (broad SMARTS) is 1. The number of hydrogen-bond donors (Lipinski definition) is 2. The molecule has 7 heteroatoms. The summed E-state index contributed by atoms with van der Waals surface area (Å²) in [7, 11) is 0.